The van der Waals surface area contributed by atoms with Gasteiger partial charge in [0.25, 0.3) is 15.9 Å². The molecule has 0 aromatic heterocycles. The number of hydrogen-bond acceptors (Lipinski definition) is 3. The normalized spacial score (nSPS) is 15.4. The minimum atomic E-state index is -3.72. The predicted octanol–water partition coefficient (Wildman–Crippen LogP) is 5.54. The second kappa shape index (κ2) is 10.3. The van der Waals surface area contributed by atoms with Crippen LogP contribution in [0.3, 0.4) is 0 Å². The molecule has 1 saturated carbocycles. The molecule has 30 heavy (non-hydrogen) atoms. The third-order valence-corrected chi connectivity index (χ3v) is 7.32. The molecule has 162 valence electrons. The van der Waals surface area contributed by atoms with Crippen molar-refractivity contribution in [1.29, 1.82) is 0 Å². The number of rotatable bonds is 7. The van der Waals surface area contributed by atoms with Crippen LogP contribution < -0.4 is 10.0 Å². The van der Waals surface area contributed by atoms with Gasteiger partial charge in [0.1, 0.15) is 0 Å². The first-order valence-corrected chi connectivity index (χ1v) is 12.4. The van der Waals surface area contributed by atoms with E-state index in [0.717, 1.165) is 12.0 Å². The van der Waals surface area contributed by atoms with E-state index < -0.39 is 10.0 Å². The molecule has 1 aliphatic carbocycles. The highest BCUT2D eigenvalue weighted by Crippen LogP contribution is 2.26. The smallest absolute Gasteiger partial charge is 0.261 e. The Hall–Kier alpha value is -2.05. The molecule has 0 bridgehead atoms. The maximum Gasteiger partial charge on any atom is 0.261 e. The van der Waals surface area contributed by atoms with Gasteiger partial charge >= 0.3 is 0 Å². The van der Waals surface area contributed by atoms with E-state index in [9.17, 15) is 13.2 Å². The summed E-state index contributed by atoms with van der Waals surface area (Å²) < 4.78 is 27.6. The largest absolute Gasteiger partial charge is 0.352 e. The number of carbonyl (C=O) groups is 1. The highest BCUT2D eigenvalue weighted by molar-refractivity contribution is 7.92. The third-order valence-electron chi connectivity index (χ3n) is 5.61. The van der Waals surface area contributed by atoms with Gasteiger partial charge in [0.15, 0.2) is 0 Å². The lowest BCUT2D eigenvalue weighted by Crippen LogP contribution is -2.26. The molecule has 2 N–H and O–H groups in total. The molecule has 2 aromatic carbocycles. The topological polar surface area (TPSA) is 75.3 Å². The van der Waals surface area contributed by atoms with E-state index in [0.29, 0.717) is 23.7 Å². The summed E-state index contributed by atoms with van der Waals surface area (Å²) in [5.41, 5.74) is 1.64. The van der Waals surface area contributed by atoms with Gasteiger partial charge in [-0.2, -0.15) is 0 Å². The van der Waals surface area contributed by atoms with Crippen LogP contribution in [0.2, 0.25) is 5.02 Å². The Morgan fingerprint density at radius 1 is 1.03 bits per heavy atom. The Kier molecular flexibility index (Phi) is 7.78. The SMILES string of the molecule is Cc1ccc(S(=O)(=O)Nc2ccc(C(=O)NCCC3CCCCCC3)c(Cl)c2)cc1. The number of sulfonamides is 1. The van der Waals surface area contributed by atoms with Crippen LogP contribution in [0, 0.1) is 12.8 Å². The van der Waals surface area contributed by atoms with E-state index in [4.69, 9.17) is 11.6 Å². The van der Waals surface area contributed by atoms with Crippen LogP contribution in [0.4, 0.5) is 5.69 Å². The third kappa shape index (κ3) is 6.22. The van der Waals surface area contributed by atoms with Crippen LogP contribution in [-0.2, 0) is 10.0 Å². The fraction of sp³-hybridized carbons (Fsp3) is 0.435. The fourth-order valence-corrected chi connectivity index (χ4v) is 5.15. The van der Waals surface area contributed by atoms with E-state index in [1.165, 1.54) is 44.6 Å². The van der Waals surface area contributed by atoms with Crippen molar-refractivity contribution < 1.29 is 13.2 Å². The summed E-state index contributed by atoms with van der Waals surface area (Å²) in [5.74, 6) is 0.448. The first-order valence-electron chi connectivity index (χ1n) is 10.5. The van der Waals surface area contributed by atoms with Crippen molar-refractivity contribution in [2.24, 2.45) is 5.92 Å². The summed E-state index contributed by atoms with van der Waals surface area (Å²) in [6, 6.07) is 11.2. The molecule has 1 fully saturated rings. The number of halogens is 1. The highest BCUT2D eigenvalue weighted by Gasteiger charge is 2.17. The van der Waals surface area contributed by atoms with Crippen molar-refractivity contribution in [2.75, 3.05) is 11.3 Å². The minimum Gasteiger partial charge on any atom is -0.352 e. The number of amides is 1. The Morgan fingerprint density at radius 2 is 1.70 bits per heavy atom. The predicted molar refractivity (Wildman–Crippen MR) is 122 cm³/mol. The average molecular weight is 449 g/mol. The van der Waals surface area contributed by atoms with Gasteiger partial charge in [0.2, 0.25) is 0 Å². The zero-order chi connectivity index (χ0) is 21.6. The molecule has 0 spiro atoms. The maximum atomic E-state index is 12.5. The number of anilines is 1. The zero-order valence-corrected chi connectivity index (χ0v) is 18.9. The summed E-state index contributed by atoms with van der Waals surface area (Å²) in [4.78, 5) is 12.7. The van der Waals surface area contributed by atoms with Crippen LogP contribution in [0.5, 0.6) is 0 Å². The van der Waals surface area contributed by atoms with Crippen molar-refractivity contribution in [3.63, 3.8) is 0 Å². The molecule has 1 amide bonds. The number of nitrogens with one attached hydrogen (secondary N) is 2. The Labute approximate surface area is 184 Å². The molecule has 7 heteroatoms. The molecule has 3 rings (SSSR count). The van der Waals surface area contributed by atoms with E-state index in [1.807, 2.05) is 6.92 Å². The van der Waals surface area contributed by atoms with E-state index >= 15 is 0 Å². The monoisotopic (exact) mass is 448 g/mol. The lowest BCUT2D eigenvalue weighted by Gasteiger charge is -2.15. The van der Waals surface area contributed by atoms with Gasteiger partial charge in [-0.15, -0.1) is 0 Å². The van der Waals surface area contributed by atoms with Gasteiger partial charge in [0.05, 0.1) is 21.2 Å². The van der Waals surface area contributed by atoms with Gasteiger partial charge in [-0.05, 0) is 49.6 Å². The summed E-state index contributed by atoms with van der Waals surface area (Å²) in [6.07, 6.45) is 8.67. The molecule has 1 aliphatic rings. The summed E-state index contributed by atoms with van der Waals surface area (Å²) >= 11 is 6.27. The van der Waals surface area contributed by atoms with E-state index in [-0.39, 0.29) is 15.8 Å². The molecule has 0 heterocycles. The maximum absolute atomic E-state index is 12.5. The fourth-order valence-electron chi connectivity index (χ4n) is 3.83. The van der Waals surface area contributed by atoms with Crippen LogP contribution in [0.1, 0.15) is 60.9 Å². The second-order valence-electron chi connectivity index (χ2n) is 8.02. The number of hydrogen-bond donors (Lipinski definition) is 2. The van der Waals surface area contributed by atoms with Crippen molar-refractivity contribution in [2.45, 2.75) is 56.8 Å². The number of benzene rings is 2. The van der Waals surface area contributed by atoms with Gasteiger partial charge in [-0.25, -0.2) is 8.42 Å². The molecular formula is C23H29ClN2O3S. The van der Waals surface area contributed by atoms with Crippen LogP contribution in [-0.4, -0.2) is 20.9 Å². The van der Waals surface area contributed by atoms with Crippen molar-refractivity contribution in [1.82, 2.24) is 5.32 Å². The Balaban J connectivity index is 1.58. The zero-order valence-electron chi connectivity index (χ0n) is 17.3. The van der Waals surface area contributed by atoms with Crippen molar-refractivity contribution >= 4 is 33.2 Å². The quantitative estimate of drug-likeness (QED) is 0.546. The molecule has 0 aliphatic heterocycles. The van der Waals surface area contributed by atoms with Crippen molar-refractivity contribution in [3.05, 3.63) is 58.6 Å². The average Bonchev–Trinajstić information content (AvgIpc) is 2.97. The van der Waals surface area contributed by atoms with Crippen LogP contribution in [0.15, 0.2) is 47.4 Å². The first kappa shape index (κ1) is 22.6. The van der Waals surface area contributed by atoms with E-state index in [2.05, 4.69) is 10.0 Å². The van der Waals surface area contributed by atoms with Crippen molar-refractivity contribution in [3.8, 4) is 0 Å². The summed E-state index contributed by atoms with van der Waals surface area (Å²) in [6.45, 7) is 2.52. The minimum absolute atomic E-state index is 0.171. The Morgan fingerprint density at radius 3 is 2.33 bits per heavy atom. The standard InChI is InChI=1S/C23H29ClN2O3S/c1-17-8-11-20(12-9-17)30(28,29)26-19-10-13-21(22(24)16-19)23(27)25-15-14-18-6-4-2-3-5-7-18/h8-13,16,18,26H,2-7,14-15H2,1H3,(H,25,27). The van der Waals surface area contributed by atoms with Crippen LogP contribution >= 0.6 is 11.6 Å². The number of carbonyl (C=O) groups excluding carboxylic acids is 1. The summed E-state index contributed by atoms with van der Waals surface area (Å²) in [7, 11) is -3.72. The Bertz CT molecular complexity index is 966. The molecule has 5 nitrogen and oxygen atoms in total. The molecular weight excluding hydrogens is 420 g/mol. The lowest BCUT2D eigenvalue weighted by atomic mass is 9.97. The first-order chi connectivity index (χ1) is 14.3. The van der Waals surface area contributed by atoms with Gasteiger partial charge in [0, 0.05) is 6.54 Å². The molecule has 0 atom stereocenters. The van der Waals surface area contributed by atoms with Gasteiger partial charge in [-0.1, -0.05) is 67.8 Å². The molecule has 0 radical (unpaired) electrons. The lowest BCUT2D eigenvalue weighted by molar-refractivity contribution is 0.0951. The second-order valence-corrected chi connectivity index (χ2v) is 10.1. The number of aryl methyl sites for hydroxylation is 1. The molecule has 0 unspecified atom stereocenters. The van der Waals surface area contributed by atoms with Gasteiger partial charge in [-0.3, -0.25) is 9.52 Å². The van der Waals surface area contributed by atoms with Gasteiger partial charge < -0.3 is 5.32 Å². The summed E-state index contributed by atoms with van der Waals surface area (Å²) in [5, 5.41) is 3.16. The highest BCUT2D eigenvalue weighted by atomic mass is 35.5. The van der Waals surface area contributed by atoms with Crippen LogP contribution in [0.25, 0.3) is 0 Å². The molecule has 0 saturated heterocycles. The molecule has 2 aromatic rings. The van der Waals surface area contributed by atoms with E-state index in [1.54, 1.807) is 36.4 Å².